The number of hydrogen-bond acceptors (Lipinski definition) is 6. The molecule has 142 valence electrons. The number of rotatable bonds is 6. The number of sulfonamides is 1. The second kappa shape index (κ2) is 8.13. The van der Waals surface area contributed by atoms with Crippen LogP contribution in [-0.2, 0) is 22.8 Å². The molecule has 0 fully saturated rings. The van der Waals surface area contributed by atoms with Gasteiger partial charge in [-0.15, -0.1) is 5.10 Å². The van der Waals surface area contributed by atoms with Crippen LogP contribution in [-0.4, -0.2) is 28.6 Å². The second-order valence-corrected chi connectivity index (χ2v) is 9.49. The summed E-state index contributed by atoms with van der Waals surface area (Å²) < 4.78 is 43.2. The van der Waals surface area contributed by atoms with E-state index >= 15 is 0 Å². The van der Waals surface area contributed by atoms with E-state index in [2.05, 4.69) is 36.2 Å². The molecule has 27 heavy (non-hydrogen) atoms. The average molecular weight is 493 g/mol. The monoisotopic (exact) mass is 491 g/mol. The van der Waals surface area contributed by atoms with Gasteiger partial charge in [0.15, 0.2) is 0 Å². The number of aryl methyl sites for hydroxylation is 1. The maximum absolute atomic E-state index is 13.3. The molecule has 1 N–H and O–H groups in total. The van der Waals surface area contributed by atoms with Crippen LogP contribution in [0.15, 0.2) is 50.9 Å². The summed E-state index contributed by atoms with van der Waals surface area (Å²) in [5.74, 6) is -0.955. The minimum atomic E-state index is -3.77. The molecule has 1 heterocycles. The molecule has 0 spiro atoms. The molecule has 0 radical (unpaired) electrons. The Morgan fingerprint density at radius 3 is 2.74 bits per heavy atom. The fraction of sp³-hybridized carbons (Fsp3) is 0.133. The lowest BCUT2D eigenvalue weighted by atomic mass is 10.2. The van der Waals surface area contributed by atoms with Gasteiger partial charge in [0.05, 0.1) is 16.5 Å². The van der Waals surface area contributed by atoms with Gasteiger partial charge in [0.2, 0.25) is 15.2 Å². The van der Waals surface area contributed by atoms with Crippen LogP contribution < -0.4 is 4.72 Å². The number of nitrogens with zero attached hydrogens (tertiary/aromatic N) is 4. The van der Waals surface area contributed by atoms with Crippen LogP contribution in [0.3, 0.4) is 0 Å². The Morgan fingerprint density at radius 1 is 1.30 bits per heavy atom. The number of hydrogen-bond donors (Lipinski definition) is 1. The summed E-state index contributed by atoms with van der Waals surface area (Å²) in [6.07, 6.45) is 0. The molecule has 0 saturated carbocycles. The van der Waals surface area contributed by atoms with Crippen molar-refractivity contribution in [1.82, 2.24) is 20.2 Å². The van der Waals surface area contributed by atoms with Gasteiger partial charge in [-0.3, -0.25) is 4.72 Å². The summed E-state index contributed by atoms with van der Waals surface area (Å²) in [6.45, 7) is 0. The van der Waals surface area contributed by atoms with E-state index in [9.17, 15) is 12.8 Å². The summed E-state index contributed by atoms with van der Waals surface area (Å²) in [5.41, 5.74) is 0.737. The summed E-state index contributed by atoms with van der Waals surface area (Å²) in [5, 5.41) is 11.6. The molecule has 1 aromatic heterocycles. The van der Waals surface area contributed by atoms with E-state index in [1.807, 2.05) is 0 Å². The Hall–Kier alpha value is -1.69. The molecule has 0 aliphatic rings. The standard InChI is InChI=1S/C15H12BrClFN5O2S2/c1-23-15(19-21-22-23)26-14-5-3-10(16)7-13(14)20-27(24,25)8-9-2-4-12(18)11(17)6-9/h2-7,20H,8H2,1H3. The maximum atomic E-state index is 13.3. The van der Waals surface area contributed by atoms with Gasteiger partial charge in [-0.25, -0.2) is 17.5 Å². The molecule has 0 bridgehead atoms. The zero-order valence-electron chi connectivity index (χ0n) is 13.7. The van der Waals surface area contributed by atoms with Crippen molar-refractivity contribution < 1.29 is 12.8 Å². The van der Waals surface area contributed by atoms with Crippen molar-refractivity contribution in [1.29, 1.82) is 0 Å². The maximum Gasteiger partial charge on any atom is 0.236 e. The van der Waals surface area contributed by atoms with E-state index < -0.39 is 15.8 Å². The van der Waals surface area contributed by atoms with E-state index in [1.54, 1.807) is 25.2 Å². The highest BCUT2D eigenvalue weighted by atomic mass is 79.9. The molecular formula is C15H12BrClFN5O2S2. The topological polar surface area (TPSA) is 89.8 Å². The second-order valence-electron chi connectivity index (χ2n) is 5.44. The van der Waals surface area contributed by atoms with Gasteiger partial charge >= 0.3 is 0 Å². The van der Waals surface area contributed by atoms with E-state index in [-0.39, 0.29) is 10.8 Å². The van der Waals surface area contributed by atoms with Crippen molar-refractivity contribution in [2.24, 2.45) is 7.05 Å². The minimum Gasteiger partial charge on any atom is -0.282 e. The van der Waals surface area contributed by atoms with E-state index in [1.165, 1.54) is 28.6 Å². The van der Waals surface area contributed by atoms with E-state index in [0.29, 0.717) is 25.8 Å². The van der Waals surface area contributed by atoms with Gasteiger partial charge in [-0.2, -0.15) is 0 Å². The minimum absolute atomic E-state index is 0.129. The molecule has 0 amide bonds. The SMILES string of the molecule is Cn1nnnc1Sc1ccc(Br)cc1NS(=O)(=O)Cc1ccc(F)c(Cl)c1. The zero-order valence-corrected chi connectivity index (χ0v) is 17.7. The Labute approximate surface area is 172 Å². The molecule has 0 unspecified atom stereocenters. The molecule has 0 aliphatic carbocycles. The summed E-state index contributed by atoms with van der Waals surface area (Å²) in [4.78, 5) is 0.622. The molecule has 0 atom stereocenters. The van der Waals surface area contributed by atoms with E-state index in [0.717, 1.165) is 6.07 Å². The van der Waals surface area contributed by atoms with Crippen molar-refractivity contribution in [3.63, 3.8) is 0 Å². The highest BCUT2D eigenvalue weighted by molar-refractivity contribution is 9.10. The van der Waals surface area contributed by atoms with Crippen LogP contribution in [0.25, 0.3) is 0 Å². The zero-order chi connectivity index (χ0) is 19.6. The predicted octanol–water partition coefficient (Wildman–Crippen LogP) is 3.86. The summed E-state index contributed by atoms with van der Waals surface area (Å²) in [6, 6.07) is 8.97. The Balaban J connectivity index is 1.86. The lowest BCUT2D eigenvalue weighted by Gasteiger charge is -2.13. The van der Waals surface area contributed by atoms with Gasteiger partial charge in [0, 0.05) is 16.4 Å². The third kappa shape index (κ3) is 5.18. The molecule has 3 aromatic rings. The van der Waals surface area contributed by atoms with Crippen molar-refractivity contribution >= 4 is 55.0 Å². The lowest BCUT2D eigenvalue weighted by molar-refractivity contribution is 0.599. The number of nitrogens with one attached hydrogen (secondary N) is 1. The van der Waals surface area contributed by atoms with Crippen molar-refractivity contribution in [2.75, 3.05) is 4.72 Å². The molecule has 0 aliphatic heterocycles. The number of halogens is 3. The number of tetrazole rings is 1. The van der Waals surface area contributed by atoms with Crippen molar-refractivity contribution in [2.45, 2.75) is 15.8 Å². The van der Waals surface area contributed by atoms with Gasteiger partial charge in [-0.1, -0.05) is 33.6 Å². The van der Waals surface area contributed by atoms with E-state index in [4.69, 9.17) is 11.6 Å². The number of aromatic nitrogens is 4. The highest BCUT2D eigenvalue weighted by Gasteiger charge is 2.17. The molecule has 3 rings (SSSR count). The summed E-state index contributed by atoms with van der Waals surface area (Å²) >= 11 is 10.3. The highest BCUT2D eigenvalue weighted by Crippen LogP contribution is 2.34. The van der Waals surface area contributed by atoms with Gasteiger partial charge in [0.25, 0.3) is 0 Å². The lowest BCUT2D eigenvalue weighted by Crippen LogP contribution is -2.15. The Morgan fingerprint density at radius 2 is 2.07 bits per heavy atom. The normalized spacial score (nSPS) is 11.6. The number of anilines is 1. The Kier molecular flexibility index (Phi) is 6.04. The molecule has 7 nitrogen and oxygen atoms in total. The first-order valence-electron chi connectivity index (χ1n) is 7.38. The third-order valence-corrected chi connectivity index (χ3v) is 6.46. The average Bonchev–Trinajstić information content (AvgIpc) is 2.98. The molecule has 0 saturated heterocycles. The van der Waals surface area contributed by atoms with Crippen LogP contribution in [0.4, 0.5) is 10.1 Å². The first-order valence-corrected chi connectivity index (χ1v) is 11.0. The van der Waals surface area contributed by atoms with Gasteiger partial charge in [-0.05, 0) is 58.1 Å². The smallest absolute Gasteiger partial charge is 0.236 e. The third-order valence-electron chi connectivity index (χ3n) is 3.33. The fourth-order valence-electron chi connectivity index (χ4n) is 2.13. The van der Waals surface area contributed by atoms with Crippen LogP contribution in [0, 0.1) is 5.82 Å². The van der Waals surface area contributed by atoms with Crippen LogP contribution >= 0.6 is 39.3 Å². The summed E-state index contributed by atoms with van der Waals surface area (Å²) in [7, 11) is -2.09. The molecular weight excluding hydrogens is 481 g/mol. The van der Waals surface area contributed by atoms with Crippen LogP contribution in [0.2, 0.25) is 5.02 Å². The fourth-order valence-corrected chi connectivity index (χ4v) is 4.75. The Bertz CT molecular complexity index is 1090. The van der Waals surface area contributed by atoms with Crippen LogP contribution in [0.1, 0.15) is 5.56 Å². The van der Waals surface area contributed by atoms with Gasteiger partial charge in [0.1, 0.15) is 5.82 Å². The predicted molar refractivity (Wildman–Crippen MR) is 105 cm³/mol. The first kappa shape index (κ1) is 20.1. The van der Waals surface area contributed by atoms with Crippen molar-refractivity contribution in [3.8, 4) is 0 Å². The van der Waals surface area contributed by atoms with Gasteiger partial charge < -0.3 is 0 Å². The van der Waals surface area contributed by atoms with Crippen LogP contribution in [0.5, 0.6) is 0 Å². The molecule has 12 heteroatoms. The largest absolute Gasteiger partial charge is 0.282 e. The number of benzene rings is 2. The molecule has 2 aromatic carbocycles. The quantitative estimate of drug-likeness (QED) is 0.562. The first-order chi connectivity index (χ1) is 12.7. The van der Waals surface area contributed by atoms with Crippen molar-refractivity contribution in [3.05, 3.63) is 57.3 Å².